The Bertz CT molecular complexity index is 1010. The lowest BCUT2D eigenvalue weighted by Crippen LogP contribution is -2.70. The normalized spacial score (nSPS) is 47.7. The third-order valence-corrected chi connectivity index (χ3v) is 10.6. The fourth-order valence-corrected chi connectivity index (χ4v) is 8.57. The van der Waals surface area contributed by atoms with Gasteiger partial charge in [-0.3, -0.25) is 14.4 Å². The molecule has 0 aromatic carbocycles. The summed E-state index contributed by atoms with van der Waals surface area (Å²) in [6.07, 6.45) is 0.256. The molecule has 188 valence electrons. The summed E-state index contributed by atoms with van der Waals surface area (Å²) >= 11 is 13.5. The van der Waals surface area contributed by atoms with Gasteiger partial charge in [0, 0.05) is 23.2 Å². The number of alkyl halides is 2. The van der Waals surface area contributed by atoms with Gasteiger partial charge in [-0.15, -0.1) is 11.6 Å². The maximum atomic E-state index is 15.7. The average molecular weight is 517 g/mol. The van der Waals surface area contributed by atoms with Gasteiger partial charge >= 0.3 is 5.97 Å². The minimum atomic E-state index is -1.67. The number of allylic oxidation sites excluding steroid dienone is 4. The van der Waals surface area contributed by atoms with E-state index in [9.17, 15) is 24.6 Å². The van der Waals surface area contributed by atoms with Gasteiger partial charge in [0.25, 0.3) is 0 Å². The minimum Gasteiger partial charge on any atom is -0.450 e. The van der Waals surface area contributed by atoms with Crippen molar-refractivity contribution in [1.29, 1.82) is 0 Å². The Labute approximate surface area is 208 Å². The van der Waals surface area contributed by atoms with Gasteiger partial charge < -0.3 is 14.9 Å². The number of ether oxygens (including phenoxy) is 1. The van der Waals surface area contributed by atoms with E-state index in [0.717, 1.165) is 0 Å². The highest BCUT2D eigenvalue weighted by molar-refractivity contribution is 6.45. The van der Waals surface area contributed by atoms with E-state index in [-0.39, 0.29) is 29.9 Å². The van der Waals surface area contributed by atoms with Crippen LogP contribution < -0.4 is 0 Å². The van der Waals surface area contributed by atoms with Crippen LogP contribution in [-0.2, 0) is 19.1 Å². The van der Waals surface area contributed by atoms with Gasteiger partial charge in [0.05, 0.1) is 16.0 Å². The number of aliphatic hydroxyl groups excluding tert-OH is 2. The van der Waals surface area contributed by atoms with Crippen LogP contribution in [0, 0.1) is 28.6 Å². The van der Waals surface area contributed by atoms with E-state index in [0.29, 0.717) is 6.42 Å². The smallest absolute Gasteiger partial charge is 0.306 e. The highest BCUT2D eigenvalue weighted by Gasteiger charge is 2.77. The molecule has 0 saturated heterocycles. The van der Waals surface area contributed by atoms with Gasteiger partial charge in [-0.05, 0) is 48.8 Å². The second-order valence-corrected chi connectivity index (χ2v) is 11.8. The lowest BCUT2D eigenvalue weighted by atomic mass is 9.45. The second kappa shape index (κ2) is 8.12. The van der Waals surface area contributed by atoms with E-state index in [2.05, 4.69) is 0 Å². The van der Waals surface area contributed by atoms with Crippen molar-refractivity contribution in [3.05, 3.63) is 22.8 Å². The standard InChI is InChI=1S/C25H31Cl2FO6/c1-5-21(33)34-25(20(32)11-29)12(2)6-13-14-7-17(28)15-8-18(30)16(26)9-22(15,3)24(14,27)19(31)10-23(13,25)4/h8-9,12-14,17,19,29,31H,5-7,10-11H2,1-4H3/t12-,13+,14+,17+,19+,22+,23+,24+,25+/m1/s1. The Morgan fingerprint density at radius 1 is 1.26 bits per heavy atom. The molecule has 6 nitrogen and oxygen atoms in total. The number of ketones is 2. The summed E-state index contributed by atoms with van der Waals surface area (Å²) in [7, 11) is 0. The van der Waals surface area contributed by atoms with Crippen molar-refractivity contribution in [3.63, 3.8) is 0 Å². The highest BCUT2D eigenvalue weighted by atomic mass is 35.5. The molecule has 0 aromatic rings. The molecule has 0 radical (unpaired) electrons. The Morgan fingerprint density at radius 2 is 1.91 bits per heavy atom. The van der Waals surface area contributed by atoms with Crippen molar-refractivity contribution in [2.24, 2.45) is 28.6 Å². The van der Waals surface area contributed by atoms with Crippen LogP contribution >= 0.6 is 23.2 Å². The summed E-state index contributed by atoms with van der Waals surface area (Å²) in [4.78, 5) is 36.5. The molecular weight excluding hydrogens is 486 g/mol. The van der Waals surface area contributed by atoms with Gasteiger partial charge in [-0.1, -0.05) is 39.3 Å². The number of rotatable bonds is 4. The molecule has 0 aromatic heterocycles. The number of fused-ring (bicyclic) bond motifs is 5. The van der Waals surface area contributed by atoms with Crippen LogP contribution in [0.1, 0.15) is 53.4 Å². The number of hydrogen-bond donors (Lipinski definition) is 2. The van der Waals surface area contributed by atoms with Crippen molar-refractivity contribution >= 4 is 40.7 Å². The zero-order chi connectivity index (χ0) is 25.4. The molecule has 4 rings (SSSR count). The monoisotopic (exact) mass is 516 g/mol. The molecule has 0 spiro atoms. The molecule has 4 aliphatic carbocycles. The Morgan fingerprint density at radius 3 is 2.50 bits per heavy atom. The quantitative estimate of drug-likeness (QED) is 0.436. The maximum Gasteiger partial charge on any atom is 0.306 e. The van der Waals surface area contributed by atoms with Crippen molar-refractivity contribution in [2.45, 2.75) is 76.1 Å². The van der Waals surface area contributed by atoms with E-state index < -0.39 is 75.5 Å². The first kappa shape index (κ1) is 25.8. The third-order valence-electron chi connectivity index (χ3n) is 9.35. The molecular formula is C25H31Cl2FO6. The summed E-state index contributed by atoms with van der Waals surface area (Å²) in [6.45, 7) is 6.02. The molecule has 9 atom stereocenters. The predicted octanol–water partition coefficient (Wildman–Crippen LogP) is 3.64. The summed E-state index contributed by atoms with van der Waals surface area (Å²) in [6, 6.07) is 0. The van der Waals surface area contributed by atoms with Gasteiger partial charge in [-0.2, -0.15) is 0 Å². The topological polar surface area (TPSA) is 101 Å². The number of carbonyl (C=O) groups excluding carboxylic acids is 3. The lowest BCUT2D eigenvalue weighted by Gasteiger charge is -2.64. The molecule has 0 bridgehead atoms. The highest BCUT2D eigenvalue weighted by Crippen LogP contribution is 2.72. The fourth-order valence-electron chi connectivity index (χ4n) is 7.82. The summed E-state index contributed by atoms with van der Waals surface area (Å²) in [5, 5.41) is 21.4. The van der Waals surface area contributed by atoms with E-state index in [4.69, 9.17) is 27.9 Å². The first-order valence-corrected chi connectivity index (χ1v) is 12.5. The molecule has 0 heterocycles. The van der Waals surface area contributed by atoms with Crippen molar-refractivity contribution in [3.8, 4) is 0 Å². The summed E-state index contributed by atoms with van der Waals surface area (Å²) in [5.74, 6) is -3.22. The van der Waals surface area contributed by atoms with Gasteiger partial charge in [-0.25, -0.2) is 4.39 Å². The van der Waals surface area contributed by atoms with Crippen LogP contribution in [0.15, 0.2) is 22.8 Å². The number of aliphatic hydroxyl groups is 2. The first-order valence-electron chi connectivity index (χ1n) is 11.8. The third kappa shape index (κ3) is 2.96. The number of esters is 1. The zero-order valence-electron chi connectivity index (χ0n) is 19.7. The van der Waals surface area contributed by atoms with E-state index >= 15 is 4.39 Å². The number of halogens is 3. The van der Waals surface area contributed by atoms with Crippen molar-refractivity contribution in [2.75, 3.05) is 6.61 Å². The molecule has 3 saturated carbocycles. The number of hydrogen-bond acceptors (Lipinski definition) is 6. The van der Waals surface area contributed by atoms with E-state index in [1.54, 1.807) is 27.7 Å². The minimum absolute atomic E-state index is 0.00995. The first-order chi connectivity index (χ1) is 15.7. The maximum absolute atomic E-state index is 15.7. The Kier molecular flexibility index (Phi) is 6.16. The molecule has 2 N–H and O–H groups in total. The van der Waals surface area contributed by atoms with Crippen molar-refractivity contribution in [1.82, 2.24) is 0 Å². The van der Waals surface area contributed by atoms with Crippen molar-refractivity contribution < 1.29 is 33.7 Å². The molecule has 4 aliphatic rings. The Hall–Kier alpha value is -1.28. The van der Waals surface area contributed by atoms with Crippen LogP contribution in [0.25, 0.3) is 0 Å². The fraction of sp³-hybridized carbons (Fsp3) is 0.720. The summed E-state index contributed by atoms with van der Waals surface area (Å²) < 4.78 is 21.5. The van der Waals surface area contributed by atoms with E-state index in [1.165, 1.54) is 12.2 Å². The predicted molar refractivity (Wildman–Crippen MR) is 124 cm³/mol. The molecule has 34 heavy (non-hydrogen) atoms. The van der Waals surface area contributed by atoms with Crippen LogP contribution in [0.3, 0.4) is 0 Å². The molecule has 9 heteroatoms. The van der Waals surface area contributed by atoms with Crippen LogP contribution in [-0.4, -0.2) is 57.1 Å². The van der Waals surface area contributed by atoms with Crippen LogP contribution in [0.2, 0.25) is 0 Å². The molecule has 3 fully saturated rings. The zero-order valence-corrected chi connectivity index (χ0v) is 21.3. The average Bonchev–Trinajstić information content (AvgIpc) is 2.99. The summed E-state index contributed by atoms with van der Waals surface area (Å²) in [5.41, 5.74) is -3.80. The molecule has 0 amide bonds. The van der Waals surface area contributed by atoms with Crippen LogP contribution in [0.5, 0.6) is 0 Å². The van der Waals surface area contributed by atoms with Gasteiger partial charge in [0.2, 0.25) is 5.78 Å². The molecule has 0 unspecified atom stereocenters. The molecule has 0 aliphatic heterocycles. The SMILES string of the molecule is CCC(=O)O[C@]1(C(=O)CO)[C@H](C)C[C@H]2[C@@H]3C[C@H](F)C4=CC(=O)C(Cl)=C[C@]4(C)[C@@]3(Cl)[C@@H](O)C[C@@]21C. The van der Waals surface area contributed by atoms with E-state index in [1.807, 2.05) is 0 Å². The van der Waals surface area contributed by atoms with Gasteiger partial charge in [0.15, 0.2) is 11.4 Å². The Balaban J connectivity index is 1.90. The lowest BCUT2D eigenvalue weighted by molar-refractivity contribution is -0.203. The largest absolute Gasteiger partial charge is 0.450 e. The van der Waals surface area contributed by atoms with Gasteiger partial charge in [0.1, 0.15) is 12.8 Å². The number of Topliss-reactive ketones (excluding diaryl/α,β-unsaturated/α-hetero) is 1. The number of carbonyl (C=O) groups is 3. The van der Waals surface area contributed by atoms with Crippen LogP contribution in [0.4, 0.5) is 4.39 Å². The second-order valence-electron chi connectivity index (χ2n) is 10.8.